The number of carbonyl (C=O) groups excluding carboxylic acids is 2. The van der Waals surface area contributed by atoms with E-state index in [0.717, 1.165) is 25.7 Å². The molecule has 1 N–H and O–H groups in total. The minimum atomic E-state index is -0.518. The van der Waals surface area contributed by atoms with Crippen molar-refractivity contribution in [2.45, 2.75) is 52.0 Å². The normalized spacial score (nSPS) is 14.8. The third-order valence-corrected chi connectivity index (χ3v) is 4.16. The zero-order chi connectivity index (χ0) is 16.8. The third-order valence-electron chi connectivity index (χ3n) is 4.16. The summed E-state index contributed by atoms with van der Waals surface area (Å²) >= 11 is 0. The van der Waals surface area contributed by atoms with Gasteiger partial charge in [-0.25, -0.2) is 9.64 Å². The molecule has 0 unspecified atom stereocenters. The summed E-state index contributed by atoms with van der Waals surface area (Å²) in [5.41, 5.74) is 2.30. The van der Waals surface area contributed by atoms with Gasteiger partial charge < -0.3 is 10.1 Å². The van der Waals surface area contributed by atoms with E-state index >= 15 is 0 Å². The molecular formula is C18H22N2O3. The highest BCUT2D eigenvalue weighted by molar-refractivity contribution is 5.94. The van der Waals surface area contributed by atoms with Gasteiger partial charge in [-0.1, -0.05) is 31.4 Å². The van der Waals surface area contributed by atoms with Crippen molar-refractivity contribution >= 4 is 17.6 Å². The summed E-state index contributed by atoms with van der Waals surface area (Å²) in [6.07, 6.45) is 5.49. The van der Waals surface area contributed by atoms with Gasteiger partial charge in [0, 0.05) is 6.04 Å². The molecule has 122 valence electrons. The molecule has 1 fully saturated rings. The maximum Gasteiger partial charge on any atom is 0.339 e. The number of esters is 1. The predicted octanol–water partition coefficient (Wildman–Crippen LogP) is 3.46. The Balaban J connectivity index is 1.92. The molecule has 1 saturated carbocycles. The van der Waals surface area contributed by atoms with E-state index in [1.807, 2.05) is 0 Å². The van der Waals surface area contributed by atoms with Crippen molar-refractivity contribution in [3.05, 3.63) is 40.2 Å². The van der Waals surface area contributed by atoms with Crippen LogP contribution in [0, 0.1) is 20.4 Å². The summed E-state index contributed by atoms with van der Waals surface area (Å²) in [6, 6.07) is 3.51. The van der Waals surface area contributed by atoms with Gasteiger partial charge in [0.15, 0.2) is 12.3 Å². The molecule has 5 heteroatoms. The van der Waals surface area contributed by atoms with Crippen molar-refractivity contribution in [1.82, 2.24) is 5.32 Å². The monoisotopic (exact) mass is 314 g/mol. The summed E-state index contributed by atoms with van der Waals surface area (Å²) in [7, 11) is 0. The fraction of sp³-hybridized carbons (Fsp3) is 0.500. The molecule has 0 spiro atoms. The Morgan fingerprint density at radius 1 is 1.22 bits per heavy atom. The first-order valence-corrected chi connectivity index (χ1v) is 7.96. The van der Waals surface area contributed by atoms with E-state index in [2.05, 4.69) is 10.2 Å². The van der Waals surface area contributed by atoms with Crippen molar-refractivity contribution in [3.8, 4) is 0 Å². The Hall–Kier alpha value is -2.35. The number of carbonyl (C=O) groups is 2. The molecule has 0 radical (unpaired) electrons. The van der Waals surface area contributed by atoms with Gasteiger partial charge in [0.25, 0.3) is 5.91 Å². The Labute approximate surface area is 136 Å². The second-order valence-corrected chi connectivity index (χ2v) is 6.04. The number of hydrogen-bond donors (Lipinski definition) is 1. The molecule has 0 heterocycles. The molecule has 5 nitrogen and oxygen atoms in total. The lowest BCUT2D eigenvalue weighted by Gasteiger charge is -2.22. The summed E-state index contributed by atoms with van der Waals surface area (Å²) in [5, 5.41) is 2.92. The number of rotatable bonds is 4. The number of aryl methyl sites for hydroxylation is 2. The Morgan fingerprint density at radius 2 is 1.83 bits per heavy atom. The highest BCUT2D eigenvalue weighted by Crippen LogP contribution is 2.23. The van der Waals surface area contributed by atoms with Gasteiger partial charge in [-0.05, 0) is 37.8 Å². The molecule has 1 aromatic rings. The zero-order valence-corrected chi connectivity index (χ0v) is 13.6. The molecular weight excluding hydrogens is 292 g/mol. The molecule has 2 rings (SSSR count). The van der Waals surface area contributed by atoms with Gasteiger partial charge in [0.05, 0.1) is 12.1 Å². The summed E-state index contributed by atoms with van der Waals surface area (Å²) in [5.74, 6) is -0.770. The fourth-order valence-electron chi connectivity index (χ4n) is 3.05. The lowest BCUT2D eigenvalue weighted by Crippen LogP contribution is -2.38. The Bertz CT molecular complexity index is 617. The van der Waals surface area contributed by atoms with Crippen molar-refractivity contribution in [3.63, 3.8) is 0 Å². The molecule has 0 atom stereocenters. The van der Waals surface area contributed by atoms with E-state index in [-0.39, 0.29) is 18.6 Å². The van der Waals surface area contributed by atoms with Gasteiger partial charge >= 0.3 is 5.97 Å². The SMILES string of the molecule is [C-]#[N+]c1cc(C)c(C(=O)OCC(=O)NC2CCCCC2)c(C)c1. The molecule has 0 bridgehead atoms. The third kappa shape index (κ3) is 4.56. The Kier molecular flexibility index (Phi) is 5.75. The maximum absolute atomic E-state index is 12.2. The lowest BCUT2D eigenvalue weighted by atomic mass is 9.95. The first-order valence-electron chi connectivity index (χ1n) is 7.96. The minimum absolute atomic E-state index is 0.205. The largest absolute Gasteiger partial charge is 0.452 e. The molecule has 0 aliphatic heterocycles. The van der Waals surface area contributed by atoms with E-state index in [9.17, 15) is 9.59 Å². The standard InChI is InChI=1S/C18H22N2O3/c1-12-9-15(19-3)10-13(2)17(12)18(22)23-11-16(21)20-14-7-5-4-6-8-14/h9-10,14H,4-8,11H2,1-2H3,(H,20,21). The maximum atomic E-state index is 12.2. The second-order valence-electron chi connectivity index (χ2n) is 6.04. The quantitative estimate of drug-likeness (QED) is 0.684. The number of ether oxygens (including phenoxy) is 1. The van der Waals surface area contributed by atoms with Crippen LogP contribution in [0.1, 0.15) is 53.6 Å². The first kappa shape index (κ1) is 17.0. The van der Waals surface area contributed by atoms with Crippen LogP contribution in [0.15, 0.2) is 12.1 Å². The average Bonchev–Trinajstić information content (AvgIpc) is 2.53. The number of nitrogens with zero attached hydrogens (tertiary/aromatic N) is 1. The summed E-state index contributed by atoms with van der Waals surface area (Å²) in [4.78, 5) is 27.5. The van der Waals surface area contributed by atoms with Gasteiger partial charge in [0.1, 0.15) is 0 Å². The van der Waals surface area contributed by atoms with Crippen LogP contribution < -0.4 is 5.32 Å². The van der Waals surface area contributed by atoms with E-state index in [0.29, 0.717) is 22.4 Å². The van der Waals surface area contributed by atoms with Crippen molar-refractivity contribution in [1.29, 1.82) is 0 Å². The van der Waals surface area contributed by atoms with Crippen LogP contribution in [0.25, 0.3) is 4.85 Å². The smallest absolute Gasteiger partial charge is 0.339 e. The molecule has 1 aliphatic carbocycles. The number of nitrogens with one attached hydrogen (secondary N) is 1. The number of hydrogen-bond acceptors (Lipinski definition) is 3. The van der Waals surface area contributed by atoms with Crippen molar-refractivity contribution < 1.29 is 14.3 Å². The second kappa shape index (κ2) is 7.77. The number of benzene rings is 1. The van der Waals surface area contributed by atoms with Crippen LogP contribution in [0.5, 0.6) is 0 Å². The average molecular weight is 314 g/mol. The molecule has 0 saturated heterocycles. The van der Waals surface area contributed by atoms with Gasteiger partial charge in [-0.3, -0.25) is 4.79 Å². The fourth-order valence-corrected chi connectivity index (χ4v) is 3.05. The summed E-state index contributed by atoms with van der Waals surface area (Å²) in [6.45, 7) is 10.3. The van der Waals surface area contributed by atoms with Crippen molar-refractivity contribution in [2.75, 3.05) is 6.61 Å². The van der Waals surface area contributed by atoms with Crippen LogP contribution in [0.4, 0.5) is 5.69 Å². The van der Waals surface area contributed by atoms with Crippen LogP contribution in [0.3, 0.4) is 0 Å². The molecule has 1 aliphatic rings. The van der Waals surface area contributed by atoms with Crippen LogP contribution in [-0.4, -0.2) is 24.5 Å². The van der Waals surface area contributed by atoms with Gasteiger partial charge in [-0.15, -0.1) is 0 Å². The predicted molar refractivity (Wildman–Crippen MR) is 87.5 cm³/mol. The highest BCUT2D eigenvalue weighted by Gasteiger charge is 2.19. The first-order chi connectivity index (χ1) is 11.0. The van der Waals surface area contributed by atoms with Gasteiger partial charge in [0.2, 0.25) is 0 Å². The molecule has 1 amide bonds. The summed E-state index contributed by atoms with van der Waals surface area (Å²) < 4.78 is 5.14. The molecule has 23 heavy (non-hydrogen) atoms. The van der Waals surface area contributed by atoms with Crippen molar-refractivity contribution in [2.24, 2.45) is 0 Å². The highest BCUT2D eigenvalue weighted by atomic mass is 16.5. The minimum Gasteiger partial charge on any atom is -0.452 e. The van der Waals surface area contributed by atoms with Crippen LogP contribution in [-0.2, 0) is 9.53 Å². The van der Waals surface area contributed by atoms with E-state index < -0.39 is 5.97 Å². The Morgan fingerprint density at radius 3 is 2.39 bits per heavy atom. The van der Waals surface area contributed by atoms with Gasteiger partial charge in [-0.2, -0.15) is 0 Å². The lowest BCUT2D eigenvalue weighted by molar-refractivity contribution is -0.125. The number of amides is 1. The molecule has 1 aromatic carbocycles. The van der Waals surface area contributed by atoms with E-state index in [1.54, 1.807) is 26.0 Å². The topological polar surface area (TPSA) is 59.8 Å². The van der Waals surface area contributed by atoms with Crippen LogP contribution in [0.2, 0.25) is 0 Å². The molecule has 0 aromatic heterocycles. The van der Waals surface area contributed by atoms with E-state index in [1.165, 1.54) is 6.42 Å². The zero-order valence-electron chi connectivity index (χ0n) is 13.6. The van der Waals surface area contributed by atoms with Crippen LogP contribution >= 0.6 is 0 Å². The van der Waals surface area contributed by atoms with E-state index in [4.69, 9.17) is 11.3 Å².